The molecule has 0 aliphatic carbocycles. The van der Waals surface area contributed by atoms with Crippen LogP contribution in [-0.4, -0.2) is 29.7 Å². The molecule has 0 spiro atoms. The van der Waals surface area contributed by atoms with Crippen molar-refractivity contribution in [2.75, 3.05) is 6.54 Å². The van der Waals surface area contributed by atoms with Crippen molar-refractivity contribution in [2.24, 2.45) is 11.7 Å². The predicted octanol–water partition coefficient (Wildman–Crippen LogP) is -0.143. The number of carbonyl (C=O) groups is 1. The highest BCUT2D eigenvalue weighted by Gasteiger charge is 2.14. The summed E-state index contributed by atoms with van der Waals surface area (Å²) in [5.74, 6) is -0.0413. The van der Waals surface area contributed by atoms with Crippen molar-refractivity contribution < 1.29 is 9.90 Å². The molecule has 0 radical (unpaired) electrons. The summed E-state index contributed by atoms with van der Waals surface area (Å²) < 4.78 is 0. The minimum atomic E-state index is -0.493. The van der Waals surface area contributed by atoms with Crippen LogP contribution in [0.2, 0.25) is 0 Å². The number of amides is 1. The molecule has 0 aliphatic heterocycles. The molecule has 4 N–H and O–H groups in total. The first-order valence-corrected chi connectivity index (χ1v) is 4.70. The lowest BCUT2D eigenvalue weighted by molar-refractivity contribution is -0.123. The van der Waals surface area contributed by atoms with E-state index >= 15 is 0 Å². The fourth-order valence-corrected chi connectivity index (χ4v) is 0.757. The second kappa shape index (κ2) is 5.94. The van der Waals surface area contributed by atoms with Crippen LogP contribution in [0.3, 0.4) is 0 Å². The second-order valence-electron chi connectivity index (χ2n) is 3.57. The number of carbonyl (C=O) groups excluding carboxylic acids is 1. The summed E-state index contributed by atoms with van der Waals surface area (Å²) in [7, 11) is 0. The lowest BCUT2D eigenvalue weighted by Gasteiger charge is -2.16. The van der Waals surface area contributed by atoms with Crippen LogP contribution in [0, 0.1) is 5.92 Å². The van der Waals surface area contributed by atoms with Crippen LogP contribution in [-0.2, 0) is 4.79 Å². The van der Waals surface area contributed by atoms with Crippen LogP contribution < -0.4 is 11.1 Å². The molecule has 0 aliphatic rings. The van der Waals surface area contributed by atoms with Gasteiger partial charge in [-0.3, -0.25) is 4.79 Å². The third-order valence-electron chi connectivity index (χ3n) is 2.03. The molecule has 0 saturated heterocycles. The Morgan fingerprint density at radius 2 is 2.08 bits per heavy atom. The summed E-state index contributed by atoms with van der Waals surface area (Å²) >= 11 is 0. The first-order valence-electron chi connectivity index (χ1n) is 4.70. The Balaban J connectivity index is 3.70. The Bertz CT molecular complexity index is 160. The third-order valence-corrected chi connectivity index (χ3v) is 2.03. The molecule has 0 bridgehead atoms. The molecule has 0 aromatic carbocycles. The van der Waals surface area contributed by atoms with Crippen molar-refractivity contribution in [3.05, 3.63) is 0 Å². The number of hydrogen-bond donors (Lipinski definition) is 3. The molecule has 0 aromatic rings. The van der Waals surface area contributed by atoms with Crippen LogP contribution in [0.1, 0.15) is 27.2 Å². The molecule has 78 valence electrons. The fourth-order valence-electron chi connectivity index (χ4n) is 0.757. The van der Waals surface area contributed by atoms with Gasteiger partial charge >= 0.3 is 0 Å². The maximum Gasteiger partial charge on any atom is 0.236 e. The lowest BCUT2D eigenvalue weighted by atomic mass is 10.1. The molecule has 13 heavy (non-hydrogen) atoms. The van der Waals surface area contributed by atoms with Gasteiger partial charge in [-0.2, -0.15) is 0 Å². The van der Waals surface area contributed by atoms with Gasteiger partial charge < -0.3 is 16.2 Å². The topological polar surface area (TPSA) is 75.4 Å². The Labute approximate surface area is 79.5 Å². The van der Waals surface area contributed by atoms with E-state index in [-0.39, 0.29) is 18.4 Å². The fraction of sp³-hybridized carbons (Fsp3) is 0.889. The van der Waals surface area contributed by atoms with Gasteiger partial charge in [0.05, 0.1) is 12.1 Å². The van der Waals surface area contributed by atoms with Crippen LogP contribution in [0.25, 0.3) is 0 Å². The van der Waals surface area contributed by atoms with Gasteiger partial charge in [-0.25, -0.2) is 0 Å². The van der Waals surface area contributed by atoms with E-state index in [1.165, 1.54) is 0 Å². The Kier molecular flexibility index (Phi) is 5.66. The van der Waals surface area contributed by atoms with Gasteiger partial charge in [0, 0.05) is 6.54 Å². The molecule has 4 heteroatoms. The average Bonchev–Trinajstić information content (AvgIpc) is 2.11. The van der Waals surface area contributed by atoms with E-state index in [1.807, 2.05) is 20.8 Å². The number of rotatable bonds is 5. The van der Waals surface area contributed by atoms with E-state index in [0.29, 0.717) is 6.42 Å². The molecule has 0 rings (SSSR count). The zero-order valence-electron chi connectivity index (χ0n) is 8.58. The average molecular weight is 188 g/mol. The van der Waals surface area contributed by atoms with E-state index < -0.39 is 12.1 Å². The number of nitrogens with one attached hydrogen (secondary N) is 1. The van der Waals surface area contributed by atoms with E-state index in [0.717, 1.165) is 0 Å². The molecular weight excluding hydrogens is 168 g/mol. The minimum Gasteiger partial charge on any atom is -0.391 e. The SMILES string of the molecule is CCC(N)C(=O)NCC(O)C(C)C. The summed E-state index contributed by atoms with van der Waals surface area (Å²) in [4.78, 5) is 11.2. The first kappa shape index (κ1) is 12.4. The molecule has 0 saturated carbocycles. The van der Waals surface area contributed by atoms with Crippen molar-refractivity contribution in [3.63, 3.8) is 0 Å². The molecule has 2 atom stereocenters. The van der Waals surface area contributed by atoms with Gasteiger partial charge in [0.15, 0.2) is 0 Å². The largest absolute Gasteiger partial charge is 0.391 e. The Morgan fingerprint density at radius 1 is 1.54 bits per heavy atom. The van der Waals surface area contributed by atoms with Crippen molar-refractivity contribution >= 4 is 5.91 Å². The minimum absolute atomic E-state index is 0.151. The van der Waals surface area contributed by atoms with E-state index in [4.69, 9.17) is 5.73 Å². The Hall–Kier alpha value is -0.610. The summed E-state index contributed by atoms with van der Waals surface area (Å²) in [6.07, 6.45) is 0.122. The van der Waals surface area contributed by atoms with Crippen LogP contribution in [0.15, 0.2) is 0 Å². The molecule has 4 nitrogen and oxygen atoms in total. The summed E-state index contributed by atoms with van der Waals surface area (Å²) in [5.41, 5.74) is 5.49. The molecule has 0 heterocycles. The van der Waals surface area contributed by atoms with Crippen molar-refractivity contribution in [1.29, 1.82) is 0 Å². The molecular formula is C9H20N2O2. The summed E-state index contributed by atoms with van der Waals surface area (Å²) in [6.45, 7) is 5.93. The summed E-state index contributed by atoms with van der Waals surface area (Å²) in [5, 5.41) is 12.0. The zero-order chi connectivity index (χ0) is 10.4. The highest BCUT2D eigenvalue weighted by atomic mass is 16.3. The van der Waals surface area contributed by atoms with Gasteiger partial charge in [-0.05, 0) is 12.3 Å². The second-order valence-corrected chi connectivity index (χ2v) is 3.57. The maximum atomic E-state index is 11.2. The van der Waals surface area contributed by atoms with Gasteiger partial charge in [-0.1, -0.05) is 20.8 Å². The number of aliphatic hydroxyl groups is 1. The van der Waals surface area contributed by atoms with Gasteiger partial charge in [0.2, 0.25) is 5.91 Å². The normalized spacial score (nSPS) is 15.5. The van der Waals surface area contributed by atoms with Crippen molar-refractivity contribution in [1.82, 2.24) is 5.32 Å². The highest BCUT2D eigenvalue weighted by Crippen LogP contribution is 1.98. The van der Waals surface area contributed by atoms with E-state index in [2.05, 4.69) is 5.32 Å². The Morgan fingerprint density at radius 3 is 2.46 bits per heavy atom. The molecule has 0 aromatic heterocycles. The first-order chi connectivity index (χ1) is 5.99. The quantitative estimate of drug-likeness (QED) is 0.562. The van der Waals surface area contributed by atoms with E-state index in [1.54, 1.807) is 0 Å². The molecule has 2 unspecified atom stereocenters. The number of hydrogen-bond acceptors (Lipinski definition) is 3. The van der Waals surface area contributed by atoms with Crippen molar-refractivity contribution in [2.45, 2.75) is 39.3 Å². The van der Waals surface area contributed by atoms with Crippen molar-refractivity contribution in [3.8, 4) is 0 Å². The smallest absolute Gasteiger partial charge is 0.236 e. The lowest BCUT2D eigenvalue weighted by Crippen LogP contribution is -2.43. The van der Waals surface area contributed by atoms with E-state index in [9.17, 15) is 9.90 Å². The predicted molar refractivity (Wildman–Crippen MR) is 52.1 cm³/mol. The van der Waals surface area contributed by atoms with Crippen LogP contribution in [0.4, 0.5) is 0 Å². The van der Waals surface area contributed by atoms with Gasteiger partial charge in [0.25, 0.3) is 0 Å². The number of nitrogens with two attached hydrogens (primary N) is 1. The summed E-state index contributed by atoms with van der Waals surface area (Å²) in [6, 6.07) is -0.459. The van der Waals surface area contributed by atoms with Gasteiger partial charge in [-0.15, -0.1) is 0 Å². The highest BCUT2D eigenvalue weighted by molar-refractivity contribution is 5.81. The standard InChI is InChI=1S/C9H20N2O2/c1-4-7(10)9(13)11-5-8(12)6(2)3/h6-8,12H,4-5,10H2,1-3H3,(H,11,13). The maximum absolute atomic E-state index is 11.2. The monoisotopic (exact) mass is 188 g/mol. The van der Waals surface area contributed by atoms with Crippen LogP contribution in [0.5, 0.6) is 0 Å². The third kappa shape index (κ3) is 4.85. The zero-order valence-corrected chi connectivity index (χ0v) is 8.58. The number of aliphatic hydroxyl groups excluding tert-OH is 1. The molecule has 1 amide bonds. The van der Waals surface area contributed by atoms with Gasteiger partial charge in [0.1, 0.15) is 0 Å². The van der Waals surface area contributed by atoms with Crippen LogP contribution >= 0.6 is 0 Å². The molecule has 0 fully saturated rings.